The molecule has 0 bridgehead atoms. The molecule has 2 aromatic rings. The Morgan fingerprint density at radius 1 is 0.962 bits per heavy atom. The minimum Gasteiger partial charge on any atom is -0.303 e. The zero-order valence-corrected chi connectivity index (χ0v) is 16.5. The summed E-state index contributed by atoms with van der Waals surface area (Å²) in [4.78, 5) is 3.98. The molecule has 2 atom stereocenters. The molecule has 1 fully saturated rings. The summed E-state index contributed by atoms with van der Waals surface area (Å²) in [5, 5.41) is 0.176. The quantitative estimate of drug-likeness (QED) is 0.755. The molecule has 2 aromatic carbocycles. The summed E-state index contributed by atoms with van der Waals surface area (Å²) in [5.41, 5.74) is 1.14. The van der Waals surface area contributed by atoms with Crippen LogP contribution in [-0.4, -0.2) is 44.5 Å². The molecule has 0 radical (unpaired) electrons. The first kappa shape index (κ1) is 19.4. The Morgan fingerprint density at radius 2 is 1.54 bits per heavy atom. The molecule has 1 aliphatic heterocycles. The van der Waals surface area contributed by atoms with Crippen molar-refractivity contribution in [3.8, 4) is 0 Å². The first-order chi connectivity index (χ1) is 12.5. The Kier molecular flexibility index (Phi) is 6.73. The van der Waals surface area contributed by atoms with Crippen molar-refractivity contribution in [3.05, 3.63) is 59.9 Å². The number of hydrogen-bond donors (Lipinski definition) is 0. The molecule has 3 nitrogen and oxygen atoms in total. The molecule has 140 valence electrons. The van der Waals surface area contributed by atoms with Crippen LogP contribution >= 0.6 is 0 Å². The Hall–Kier alpha value is -1.37. The third kappa shape index (κ3) is 5.09. The monoisotopic (exact) mass is 393 g/mol. The van der Waals surface area contributed by atoms with Gasteiger partial charge in [0, 0.05) is 38.6 Å². The molecule has 0 saturated carbocycles. The van der Waals surface area contributed by atoms with Crippen LogP contribution in [0.1, 0.15) is 18.4 Å². The second kappa shape index (κ2) is 9.02. The Morgan fingerprint density at radius 3 is 2.12 bits per heavy atom. The Labute approximate surface area is 159 Å². The average molecular weight is 394 g/mol. The Balaban J connectivity index is 1.49. The van der Waals surface area contributed by atoms with E-state index in [2.05, 4.69) is 4.90 Å². The van der Waals surface area contributed by atoms with Gasteiger partial charge in [0.05, 0.1) is 10.8 Å². The number of piperidine rings is 1. The van der Waals surface area contributed by atoms with Gasteiger partial charge >= 0.3 is 0 Å². The normalized spacial score (nSPS) is 18.5. The van der Waals surface area contributed by atoms with E-state index in [1.54, 1.807) is 18.4 Å². The van der Waals surface area contributed by atoms with Crippen LogP contribution in [0.3, 0.4) is 0 Å². The molecular weight excluding hydrogens is 369 g/mol. The fourth-order valence-corrected chi connectivity index (χ4v) is 5.19. The maximum Gasteiger partial charge on any atom is 0.123 e. The smallest absolute Gasteiger partial charge is 0.123 e. The van der Waals surface area contributed by atoms with Crippen LogP contribution in [-0.2, 0) is 28.0 Å². The lowest BCUT2D eigenvalue weighted by molar-refractivity contribution is 0.234. The van der Waals surface area contributed by atoms with Crippen LogP contribution in [0.4, 0.5) is 4.39 Å². The van der Waals surface area contributed by atoms with Crippen LogP contribution in [0.5, 0.6) is 0 Å². The molecule has 6 heteroatoms. The topological polar surface area (TPSA) is 37.4 Å². The summed E-state index contributed by atoms with van der Waals surface area (Å²) in [6.45, 7) is 2.82. The minimum atomic E-state index is -1.02. The van der Waals surface area contributed by atoms with Crippen LogP contribution in [0.2, 0.25) is 0 Å². The highest BCUT2D eigenvalue weighted by Gasteiger charge is 2.24. The van der Waals surface area contributed by atoms with Crippen molar-refractivity contribution < 1.29 is 12.8 Å². The van der Waals surface area contributed by atoms with Gasteiger partial charge in [-0.05, 0) is 74.3 Å². The van der Waals surface area contributed by atoms with Gasteiger partial charge in [0.1, 0.15) is 5.82 Å². The molecule has 0 aromatic heterocycles. The molecule has 0 spiro atoms. The summed E-state index contributed by atoms with van der Waals surface area (Å²) in [6.07, 6.45) is 4.38. The van der Waals surface area contributed by atoms with Crippen molar-refractivity contribution in [1.82, 2.24) is 4.90 Å². The molecular formula is C20H24FNO2S2. The largest absolute Gasteiger partial charge is 0.303 e. The molecule has 0 aliphatic carbocycles. The highest BCUT2D eigenvalue weighted by atomic mass is 32.2. The van der Waals surface area contributed by atoms with Gasteiger partial charge in [0.25, 0.3) is 0 Å². The maximum atomic E-state index is 12.9. The molecule has 0 amide bonds. The third-order valence-electron chi connectivity index (χ3n) is 4.86. The van der Waals surface area contributed by atoms with Gasteiger partial charge in [-0.1, -0.05) is 12.1 Å². The van der Waals surface area contributed by atoms with Gasteiger partial charge in [-0.15, -0.1) is 0 Å². The summed E-state index contributed by atoms with van der Waals surface area (Å²) >= 11 is 0. The van der Waals surface area contributed by atoms with E-state index in [4.69, 9.17) is 0 Å². The van der Waals surface area contributed by atoms with Crippen molar-refractivity contribution in [1.29, 1.82) is 0 Å². The van der Waals surface area contributed by atoms with Crippen molar-refractivity contribution in [3.63, 3.8) is 0 Å². The summed E-state index contributed by atoms with van der Waals surface area (Å²) in [6, 6.07) is 14.0. The predicted molar refractivity (Wildman–Crippen MR) is 105 cm³/mol. The number of benzene rings is 2. The number of halogens is 1. The Bertz CT molecular complexity index is 769. The van der Waals surface area contributed by atoms with Crippen molar-refractivity contribution in [2.45, 2.75) is 34.3 Å². The predicted octanol–water partition coefficient (Wildman–Crippen LogP) is 3.38. The number of hydrogen-bond acceptors (Lipinski definition) is 3. The van der Waals surface area contributed by atoms with Crippen LogP contribution in [0.15, 0.2) is 58.3 Å². The number of rotatable bonds is 6. The van der Waals surface area contributed by atoms with Crippen molar-refractivity contribution in [2.75, 3.05) is 25.9 Å². The van der Waals surface area contributed by atoms with Crippen molar-refractivity contribution in [2.24, 2.45) is 0 Å². The van der Waals surface area contributed by atoms with Gasteiger partial charge in [0.15, 0.2) is 0 Å². The van der Waals surface area contributed by atoms with Crippen LogP contribution in [0.25, 0.3) is 0 Å². The van der Waals surface area contributed by atoms with E-state index in [9.17, 15) is 12.8 Å². The van der Waals surface area contributed by atoms with Crippen LogP contribution < -0.4 is 0 Å². The summed E-state index contributed by atoms with van der Waals surface area (Å²) in [7, 11) is -2.02. The number of likely N-dealkylation sites (tertiary alicyclic amines) is 1. The van der Waals surface area contributed by atoms with E-state index < -0.39 is 21.6 Å². The molecule has 0 N–H and O–H groups in total. The molecule has 26 heavy (non-hydrogen) atoms. The lowest BCUT2D eigenvalue weighted by atomic mass is 10.1. The van der Waals surface area contributed by atoms with Gasteiger partial charge in [-0.25, -0.2) is 4.39 Å². The molecule has 2 unspecified atom stereocenters. The summed E-state index contributed by atoms with van der Waals surface area (Å²) in [5.74, 6) is -0.199. The molecule has 1 heterocycles. The molecule has 3 rings (SSSR count). The fraction of sp³-hybridized carbons (Fsp3) is 0.400. The average Bonchev–Trinajstić information content (AvgIpc) is 2.67. The van der Waals surface area contributed by atoms with E-state index in [1.165, 1.54) is 12.1 Å². The van der Waals surface area contributed by atoms with Crippen LogP contribution in [0, 0.1) is 5.82 Å². The highest BCUT2D eigenvalue weighted by molar-refractivity contribution is 7.85. The van der Waals surface area contributed by atoms with E-state index in [0.29, 0.717) is 0 Å². The first-order valence-corrected chi connectivity index (χ1v) is 11.6. The lowest BCUT2D eigenvalue weighted by Crippen LogP contribution is -2.38. The molecule has 1 saturated heterocycles. The maximum absolute atomic E-state index is 12.9. The highest BCUT2D eigenvalue weighted by Crippen LogP contribution is 2.22. The second-order valence-electron chi connectivity index (χ2n) is 6.64. The first-order valence-electron chi connectivity index (χ1n) is 8.84. The van der Waals surface area contributed by atoms with E-state index in [-0.39, 0.29) is 11.1 Å². The van der Waals surface area contributed by atoms with Gasteiger partial charge in [-0.2, -0.15) is 0 Å². The zero-order chi connectivity index (χ0) is 18.5. The lowest BCUT2D eigenvalue weighted by Gasteiger charge is -2.31. The molecule has 1 aliphatic rings. The van der Waals surface area contributed by atoms with E-state index >= 15 is 0 Å². The number of nitrogens with zero attached hydrogens (tertiary/aromatic N) is 1. The fourth-order valence-electron chi connectivity index (χ4n) is 3.24. The third-order valence-corrected chi connectivity index (χ3v) is 7.60. The van der Waals surface area contributed by atoms with Gasteiger partial charge in [-0.3, -0.25) is 8.42 Å². The zero-order valence-electron chi connectivity index (χ0n) is 14.9. The second-order valence-corrected chi connectivity index (χ2v) is 9.75. The van der Waals surface area contributed by atoms with E-state index in [1.807, 2.05) is 24.3 Å². The van der Waals surface area contributed by atoms with E-state index in [0.717, 1.165) is 54.3 Å². The van der Waals surface area contributed by atoms with Gasteiger partial charge in [0.2, 0.25) is 0 Å². The van der Waals surface area contributed by atoms with Crippen molar-refractivity contribution >= 4 is 21.6 Å². The summed E-state index contributed by atoms with van der Waals surface area (Å²) < 4.78 is 37.2. The standard InChI is InChI=1S/C20H24FNO2S2/c1-25(23)18-6-8-19(9-7-18)26(24)20-11-14-22(15-12-20)13-10-16-2-4-17(21)5-3-16/h2-9,20H,10-15H2,1H3. The SMILES string of the molecule is CS(=O)c1ccc(S(=O)C2CCN(CCc3ccc(F)cc3)CC2)cc1. The minimum absolute atomic E-state index is 0.176. The van der Waals surface area contributed by atoms with Gasteiger partial charge < -0.3 is 4.90 Å².